The number of rotatable bonds is 3. The van der Waals surface area contributed by atoms with Crippen molar-refractivity contribution in [3.05, 3.63) is 72.5 Å². The van der Waals surface area contributed by atoms with Crippen molar-refractivity contribution < 1.29 is 13.2 Å². The number of allylic oxidation sites excluding steroid dienone is 2. The van der Waals surface area contributed by atoms with Crippen LogP contribution in [0.3, 0.4) is 0 Å². The van der Waals surface area contributed by atoms with Crippen LogP contribution >= 0.6 is 0 Å². The lowest BCUT2D eigenvalue weighted by molar-refractivity contribution is 0.462. The first-order chi connectivity index (χ1) is 12.1. The first kappa shape index (κ1) is 15.6. The van der Waals surface area contributed by atoms with Gasteiger partial charge in [-0.3, -0.25) is 0 Å². The van der Waals surface area contributed by atoms with E-state index < -0.39 is 10.0 Å². The maximum absolute atomic E-state index is 11.7. The Balaban J connectivity index is 1.58. The molecular formula is C18H15N3O3S. The summed E-state index contributed by atoms with van der Waals surface area (Å²) in [5, 5.41) is 0. The third-order valence-electron chi connectivity index (χ3n) is 3.87. The fourth-order valence-corrected chi connectivity index (χ4v) is 3.64. The number of nitrogens with zero attached hydrogens (tertiary/aromatic N) is 3. The van der Waals surface area contributed by atoms with Crippen LogP contribution in [-0.2, 0) is 10.0 Å². The van der Waals surface area contributed by atoms with Gasteiger partial charge in [0.25, 0.3) is 10.0 Å². The number of ether oxygens (including phenoxy) is 1. The average Bonchev–Trinajstić information content (AvgIpc) is 2.62. The van der Waals surface area contributed by atoms with Crippen LogP contribution in [0, 0.1) is 0 Å². The monoisotopic (exact) mass is 353 g/mol. The molecule has 1 aromatic heterocycles. The van der Waals surface area contributed by atoms with E-state index in [2.05, 4.69) is 9.38 Å². The summed E-state index contributed by atoms with van der Waals surface area (Å²) >= 11 is 0. The Kier molecular flexibility index (Phi) is 3.85. The van der Waals surface area contributed by atoms with Crippen LogP contribution in [0.5, 0.6) is 11.6 Å². The molecule has 0 atom stereocenters. The summed E-state index contributed by atoms with van der Waals surface area (Å²) in [6, 6.07) is 13.1. The lowest BCUT2D eigenvalue weighted by Crippen LogP contribution is -2.38. The molecule has 0 N–H and O–H groups in total. The van der Waals surface area contributed by atoms with Gasteiger partial charge in [-0.15, -0.1) is 4.40 Å². The van der Waals surface area contributed by atoms with E-state index in [1.54, 1.807) is 24.4 Å². The third-order valence-corrected chi connectivity index (χ3v) is 5.03. The molecule has 0 bridgehead atoms. The van der Waals surface area contributed by atoms with Crippen molar-refractivity contribution in [2.45, 2.75) is 0 Å². The maximum Gasteiger partial charge on any atom is 0.256 e. The van der Waals surface area contributed by atoms with Gasteiger partial charge < -0.3 is 9.64 Å². The molecule has 1 aromatic carbocycles. The molecule has 25 heavy (non-hydrogen) atoms. The number of fused-ring (bicyclic) bond motifs is 1. The molecule has 0 spiro atoms. The first-order valence-corrected chi connectivity index (χ1v) is 9.39. The lowest BCUT2D eigenvalue weighted by atomic mass is 10.1. The van der Waals surface area contributed by atoms with Crippen molar-refractivity contribution >= 4 is 21.6 Å². The molecule has 0 amide bonds. The van der Waals surface area contributed by atoms with E-state index in [9.17, 15) is 8.42 Å². The largest absolute Gasteiger partial charge is 0.439 e. The zero-order valence-corrected chi connectivity index (χ0v) is 14.1. The van der Waals surface area contributed by atoms with Crippen molar-refractivity contribution in [2.24, 2.45) is 4.40 Å². The number of aromatic nitrogens is 1. The number of hydrogen-bond acceptors (Lipinski definition) is 5. The summed E-state index contributed by atoms with van der Waals surface area (Å²) in [5.74, 6) is 1.66. The highest BCUT2D eigenvalue weighted by atomic mass is 32.2. The molecule has 0 saturated heterocycles. The highest BCUT2D eigenvalue weighted by molar-refractivity contribution is 7.90. The van der Waals surface area contributed by atoms with Gasteiger partial charge >= 0.3 is 0 Å². The molecule has 6 nitrogen and oxygen atoms in total. The second-order valence-electron chi connectivity index (χ2n) is 5.60. The van der Waals surface area contributed by atoms with Crippen LogP contribution in [0.2, 0.25) is 0 Å². The van der Waals surface area contributed by atoms with Crippen LogP contribution in [0.4, 0.5) is 0 Å². The second kappa shape index (κ2) is 6.18. The third kappa shape index (κ3) is 3.32. The van der Waals surface area contributed by atoms with Crippen LogP contribution in [0.1, 0.15) is 5.56 Å². The van der Waals surface area contributed by atoms with E-state index >= 15 is 0 Å². The van der Waals surface area contributed by atoms with Gasteiger partial charge in [0.05, 0.1) is 11.4 Å². The summed E-state index contributed by atoms with van der Waals surface area (Å²) in [5.41, 5.74) is 1.74. The molecule has 126 valence electrons. The molecule has 4 rings (SSSR count). The van der Waals surface area contributed by atoms with Crippen LogP contribution in [0.15, 0.2) is 71.3 Å². The van der Waals surface area contributed by atoms with Crippen LogP contribution in [0.25, 0.3) is 5.70 Å². The Labute approximate surface area is 145 Å². The van der Waals surface area contributed by atoms with Crippen molar-refractivity contribution in [1.29, 1.82) is 0 Å². The lowest BCUT2D eigenvalue weighted by Gasteiger charge is -2.31. The van der Waals surface area contributed by atoms with Gasteiger partial charge in [0.15, 0.2) is 0 Å². The van der Waals surface area contributed by atoms with E-state index in [-0.39, 0.29) is 5.75 Å². The van der Waals surface area contributed by atoms with Gasteiger partial charge in [0.2, 0.25) is 5.88 Å². The molecule has 3 heterocycles. The van der Waals surface area contributed by atoms with E-state index in [0.717, 1.165) is 17.0 Å². The van der Waals surface area contributed by atoms with Crippen LogP contribution in [-0.4, -0.2) is 36.4 Å². The quantitative estimate of drug-likeness (QED) is 0.848. The highest BCUT2D eigenvalue weighted by Gasteiger charge is 2.27. The molecule has 0 saturated carbocycles. The van der Waals surface area contributed by atoms with E-state index in [0.29, 0.717) is 18.3 Å². The average molecular weight is 353 g/mol. The summed E-state index contributed by atoms with van der Waals surface area (Å²) in [7, 11) is -3.37. The van der Waals surface area contributed by atoms with Crippen LogP contribution < -0.4 is 4.74 Å². The predicted molar refractivity (Wildman–Crippen MR) is 95.8 cm³/mol. The number of pyridine rings is 1. The number of benzene rings is 1. The molecule has 2 aliphatic rings. The summed E-state index contributed by atoms with van der Waals surface area (Å²) in [4.78, 5) is 6.23. The topological polar surface area (TPSA) is 71.9 Å². The first-order valence-electron chi connectivity index (χ1n) is 7.79. The maximum atomic E-state index is 11.7. The minimum absolute atomic E-state index is 0.00428. The number of sulfonamides is 1. The fraction of sp³-hybridized carbons (Fsp3) is 0.111. The van der Waals surface area contributed by atoms with E-state index in [1.165, 1.54) is 0 Å². The van der Waals surface area contributed by atoms with Gasteiger partial charge in [0, 0.05) is 24.4 Å². The van der Waals surface area contributed by atoms with Gasteiger partial charge in [-0.2, -0.15) is 0 Å². The Bertz CT molecular complexity index is 978. The normalized spacial score (nSPS) is 18.2. The van der Waals surface area contributed by atoms with Crippen molar-refractivity contribution in [3.8, 4) is 11.6 Å². The zero-order chi connectivity index (χ0) is 17.3. The molecule has 0 radical (unpaired) electrons. The minimum Gasteiger partial charge on any atom is -0.439 e. The molecular weight excluding hydrogens is 338 g/mol. The van der Waals surface area contributed by atoms with E-state index in [4.69, 9.17) is 4.74 Å². The van der Waals surface area contributed by atoms with E-state index in [1.807, 2.05) is 47.4 Å². The number of amidine groups is 1. The fourth-order valence-electron chi connectivity index (χ4n) is 2.69. The van der Waals surface area contributed by atoms with Gasteiger partial charge in [-0.25, -0.2) is 13.4 Å². The van der Waals surface area contributed by atoms with Gasteiger partial charge in [-0.1, -0.05) is 24.3 Å². The SMILES string of the molecule is O=S1(=O)CCN2C(c3ccc(Oc4ccccc4)nc3)=CC=CC2=N1. The Morgan fingerprint density at radius 2 is 1.92 bits per heavy atom. The standard InChI is InChI=1S/C18H15N3O3S/c22-25(23)12-11-21-16(7-4-8-17(21)20-25)14-9-10-18(19-13-14)24-15-5-2-1-3-6-15/h1-10,13H,11-12H2. The Hall–Kier alpha value is -2.93. The van der Waals surface area contributed by atoms with Gasteiger partial charge in [-0.05, 0) is 30.4 Å². The molecule has 2 aliphatic heterocycles. The van der Waals surface area contributed by atoms with Crippen molar-refractivity contribution in [3.63, 3.8) is 0 Å². The molecule has 0 unspecified atom stereocenters. The summed E-state index contributed by atoms with van der Waals surface area (Å²) in [6.07, 6.45) is 7.12. The predicted octanol–water partition coefficient (Wildman–Crippen LogP) is 2.83. The second-order valence-corrected chi connectivity index (χ2v) is 7.35. The van der Waals surface area contributed by atoms with Crippen molar-refractivity contribution in [2.75, 3.05) is 12.3 Å². The highest BCUT2D eigenvalue weighted by Crippen LogP contribution is 2.27. The molecule has 0 fully saturated rings. The summed E-state index contributed by atoms with van der Waals surface area (Å²) < 4.78 is 32.9. The molecule has 2 aromatic rings. The summed E-state index contributed by atoms with van der Waals surface area (Å²) in [6.45, 7) is 0.375. The zero-order valence-electron chi connectivity index (χ0n) is 13.2. The smallest absolute Gasteiger partial charge is 0.256 e. The Morgan fingerprint density at radius 3 is 2.68 bits per heavy atom. The number of hydrogen-bond donors (Lipinski definition) is 0. The van der Waals surface area contributed by atoms with Crippen molar-refractivity contribution in [1.82, 2.24) is 9.88 Å². The molecule has 0 aliphatic carbocycles. The Morgan fingerprint density at radius 1 is 1.08 bits per heavy atom. The van der Waals surface area contributed by atoms with Gasteiger partial charge in [0.1, 0.15) is 11.6 Å². The number of para-hydroxylation sites is 1. The minimum atomic E-state index is -3.37. The molecule has 7 heteroatoms.